The average Bonchev–Trinajstić information content (AvgIpc) is 2.09. The van der Waals surface area contributed by atoms with Crippen molar-refractivity contribution in [1.82, 2.24) is 0 Å². The molecule has 0 aliphatic heterocycles. The maximum atomic E-state index is 10.8. The molecule has 68 valence electrons. The van der Waals surface area contributed by atoms with Crippen LogP contribution in [0.15, 0.2) is 29.2 Å². The van der Waals surface area contributed by atoms with Crippen molar-refractivity contribution in [3.05, 3.63) is 24.3 Å². The fraction of sp³-hybridized carbons (Fsp3) is 0.333. The second-order valence-electron chi connectivity index (χ2n) is 1.95. The molecule has 0 spiro atoms. The zero-order valence-electron chi connectivity index (χ0n) is 7.57. The molecule has 1 N–H and O–H groups in total. The van der Waals surface area contributed by atoms with Crippen molar-refractivity contribution >= 4 is 10.8 Å². The summed E-state index contributed by atoms with van der Waals surface area (Å²) in [4.78, 5) is 0.734. The van der Waals surface area contributed by atoms with E-state index in [1.165, 1.54) is 12.1 Å². The van der Waals surface area contributed by atoms with Crippen LogP contribution in [0.3, 0.4) is 0 Å². The van der Waals surface area contributed by atoms with Crippen molar-refractivity contribution in [2.75, 3.05) is 6.26 Å². The molecule has 12 heavy (non-hydrogen) atoms. The summed E-state index contributed by atoms with van der Waals surface area (Å²) in [6, 6.07) is 6.34. The van der Waals surface area contributed by atoms with Gasteiger partial charge in [0.1, 0.15) is 5.75 Å². The second-order valence-corrected chi connectivity index (χ2v) is 3.33. The molecule has 1 aromatic carbocycles. The van der Waals surface area contributed by atoms with Gasteiger partial charge in [-0.2, -0.15) is 0 Å². The lowest BCUT2D eigenvalue weighted by molar-refractivity contribution is 0.475. The summed E-state index contributed by atoms with van der Waals surface area (Å²) in [5, 5.41) is 8.84. The van der Waals surface area contributed by atoms with Crippen LogP contribution in [0.25, 0.3) is 0 Å². The molecule has 3 heteroatoms. The Hall–Kier alpha value is -0.830. The molecule has 0 saturated carbocycles. The lowest BCUT2D eigenvalue weighted by Crippen LogP contribution is -1.84. The number of hydrogen-bond donors (Lipinski definition) is 1. The van der Waals surface area contributed by atoms with Gasteiger partial charge in [0, 0.05) is 22.0 Å². The van der Waals surface area contributed by atoms with Gasteiger partial charge in [-0.15, -0.1) is 0 Å². The van der Waals surface area contributed by atoms with Crippen LogP contribution < -0.4 is 0 Å². The third kappa shape index (κ3) is 3.53. The topological polar surface area (TPSA) is 37.3 Å². The number of rotatable bonds is 1. The first-order chi connectivity index (χ1) is 5.70. The molecule has 0 fully saturated rings. The lowest BCUT2D eigenvalue weighted by Gasteiger charge is -1.94. The van der Waals surface area contributed by atoms with Gasteiger partial charge < -0.3 is 5.11 Å². The summed E-state index contributed by atoms with van der Waals surface area (Å²) in [5.41, 5.74) is 0. The van der Waals surface area contributed by atoms with Crippen molar-refractivity contribution in [2.45, 2.75) is 18.7 Å². The van der Waals surface area contributed by atoms with Crippen LogP contribution in [0.2, 0.25) is 0 Å². The van der Waals surface area contributed by atoms with Gasteiger partial charge in [0.2, 0.25) is 0 Å². The van der Waals surface area contributed by atoms with Crippen molar-refractivity contribution in [3.63, 3.8) is 0 Å². The Kier molecular flexibility index (Phi) is 5.37. The number of phenolic OH excluding ortho intramolecular Hbond substituents is 1. The van der Waals surface area contributed by atoms with E-state index in [2.05, 4.69) is 0 Å². The zero-order chi connectivity index (χ0) is 9.56. The summed E-state index contributed by atoms with van der Waals surface area (Å²) in [7, 11) is -0.948. The van der Waals surface area contributed by atoms with Crippen molar-refractivity contribution in [2.24, 2.45) is 0 Å². The van der Waals surface area contributed by atoms with E-state index in [1.807, 2.05) is 13.8 Å². The molecule has 0 radical (unpaired) electrons. The van der Waals surface area contributed by atoms with Crippen LogP contribution in [0.1, 0.15) is 13.8 Å². The molecule has 0 amide bonds. The molecule has 2 nitrogen and oxygen atoms in total. The monoisotopic (exact) mass is 186 g/mol. The lowest BCUT2D eigenvalue weighted by atomic mass is 10.3. The van der Waals surface area contributed by atoms with E-state index in [1.54, 1.807) is 18.4 Å². The molecule has 0 aliphatic rings. The standard InChI is InChI=1S/C7H8O2S.C2H6/c1-10(9)7-4-2-6(8)3-5-7;1-2/h2-5,8H,1H3;1-2H3. The van der Waals surface area contributed by atoms with E-state index < -0.39 is 10.8 Å². The van der Waals surface area contributed by atoms with Gasteiger partial charge in [-0.1, -0.05) is 13.8 Å². The Labute approximate surface area is 75.7 Å². The van der Waals surface area contributed by atoms with Gasteiger partial charge in [0.15, 0.2) is 0 Å². The smallest absolute Gasteiger partial charge is 0.115 e. The van der Waals surface area contributed by atoms with E-state index in [9.17, 15) is 4.21 Å². The van der Waals surface area contributed by atoms with Crippen LogP contribution in [0.5, 0.6) is 5.75 Å². The number of phenols is 1. The Morgan fingerprint density at radius 2 is 1.58 bits per heavy atom. The van der Waals surface area contributed by atoms with Crippen LogP contribution in [-0.2, 0) is 10.8 Å². The largest absolute Gasteiger partial charge is 0.508 e. The molecular weight excluding hydrogens is 172 g/mol. The quantitative estimate of drug-likeness (QED) is 0.729. The predicted molar refractivity (Wildman–Crippen MR) is 51.8 cm³/mol. The SMILES string of the molecule is CC.CS(=O)c1ccc(O)cc1. The van der Waals surface area contributed by atoms with E-state index in [0.717, 1.165) is 4.90 Å². The minimum absolute atomic E-state index is 0.203. The van der Waals surface area contributed by atoms with Crippen molar-refractivity contribution < 1.29 is 9.32 Å². The van der Waals surface area contributed by atoms with E-state index in [-0.39, 0.29) is 5.75 Å². The maximum absolute atomic E-state index is 10.8. The van der Waals surface area contributed by atoms with Gasteiger partial charge in [0.05, 0.1) is 0 Å². The van der Waals surface area contributed by atoms with Crippen LogP contribution in [-0.4, -0.2) is 15.6 Å². The Morgan fingerprint density at radius 3 is 1.92 bits per heavy atom. The fourth-order valence-electron chi connectivity index (χ4n) is 0.638. The number of benzene rings is 1. The summed E-state index contributed by atoms with van der Waals surface area (Å²) in [6.45, 7) is 4.00. The molecule has 1 unspecified atom stereocenters. The Bertz CT molecular complexity index is 241. The Morgan fingerprint density at radius 1 is 1.17 bits per heavy atom. The molecular formula is C9H14O2S. The molecule has 1 atom stereocenters. The molecule has 1 aromatic rings. The minimum Gasteiger partial charge on any atom is -0.508 e. The summed E-state index contributed by atoms with van der Waals surface area (Å²) in [6.07, 6.45) is 1.60. The van der Waals surface area contributed by atoms with E-state index >= 15 is 0 Å². The van der Waals surface area contributed by atoms with Crippen molar-refractivity contribution in [1.29, 1.82) is 0 Å². The van der Waals surface area contributed by atoms with E-state index in [4.69, 9.17) is 5.11 Å². The average molecular weight is 186 g/mol. The maximum Gasteiger partial charge on any atom is 0.115 e. The summed E-state index contributed by atoms with van der Waals surface area (Å²) in [5.74, 6) is 0.203. The van der Waals surface area contributed by atoms with Gasteiger partial charge >= 0.3 is 0 Å². The molecule has 0 aromatic heterocycles. The summed E-state index contributed by atoms with van der Waals surface area (Å²) < 4.78 is 10.8. The number of hydrogen-bond acceptors (Lipinski definition) is 2. The van der Waals surface area contributed by atoms with Gasteiger partial charge in [-0.05, 0) is 24.3 Å². The van der Waals surface area contributed by atoms with Gasteiger partial charge in [0.25, 0.3) is 0 Å². The molecule has 0 bridgehead atoms. The van der Waals surface area contributed by atoms with Gasteiger partial charge in [-0.3, -0.25) is 4.21 Å². The minimum atomic E-state index is -0.948. The molecule has 0 aliphatic carbocycles. The fourth-order valence-corrected chi connectivity index (χ4v) is 1.16. The van der Waals surface area contributed by atoms with Crippen molar-refractivity contribution in [3.8, 4) is 5.75 Å². The third-order valence-corrected chi connectivity index (χ3v) is 2.10. The first kappa shape index (κ1) is 11.2. The first-order valence-corrected chi connectivity index (χ1v) is 5.38. The predicted octanol–water partition coefficient (Wildman–Crippen LogP) is 2.16. The van der Waals surface area contributed by atoms with E-state index in [0.29, 0.717) is 0 Å². The van der Waals surface area contributed by atoms with Crippen LogP contribution >= 0.6 is 0 Å². The molecule has 0 heterocycles. The second kappa shape index (κ2) is 5.77. The van der Waals surface area contributed by atoms with Gasteiger partial charge in [-0.25, -0.2) is 0 Å². The first-order valence-electron chi connectivity index (χ1n) is 3.82. The van der Waals surface area contributed by atoms with Crippen LogP contribution in [0.4, 0.5) is 0 Å². The Balaban J connectivity index is 0.000000561. The number of aromatic hydroxyl groups is 1. The third-order valence-electron chi connectivity index (χ3n) is 1.17. The summed E-state index contributed by atoms with van der Waals surface area (Å²) >= 11 is 0. The highest BCUT2D eigenvalue weighted by Crippen LogP contribution is 2.11. The highest BCUT2D eigenvalue weighted by molar-refractivity contribution is 7.84. The molecule has 1 rings (SSSR count). The normalized spacial score (nSPS) is 11.2. The highest BCUT2D eigenvalue weighted by Gasteiger charge is 1.94. The zero-order valence-corrected chi connectivity index (χ0v) is 8.39. The van der Waals surface area contributed by atoms with Crippen LogP contribution in [0, 0.1) is 0 Å². The molecule has 0 saturated heterocycles. The highest BCUT2D eigenvalue weighted by atomic mass is 32.2.